The van der Waals surface area contributed by atoms with Gasteiger partial charge in [-0.2, -0.15) is 0 Å². The standard InChI is InChI=1S/C20H22N4OS/c1-23-12-6-10-17(23)13-18-19(25)24(16-8-3-2-4-9-16)20(26-18)22-15-7-5-11-21-14-15/h5-7,10-14,16H,2-4,8-9H2,1H3/b18-13+,22-20?. The van der Waals surface area contributed by atoms with Gasteiger partial charge in [-0.25, -0.2) is 4.99 Å². The lowest BCUT2D eigenvalue weighted by Crippen LogP contribution is -2.40. The molecule has 6 heteroatoms. The molecule has 0 spiro atoms. The number of hydrogen-bond donors (Lipinski definition) is 0. The molecule has 1 aliphatic carbocycles. The molecular weight excluding hydrogens is 344 g/mol. The minimum Gasteiger partial charge on any atom is -0.351 e. The van der Waals surface area contributed by atoms with E-state index in [0.717, 1.165) is 34.3 Å². The van der Waals surface area contributed by atoms with E-state index >= 15 is 0 Å². The van der Waals surface area contributed by atoms with Gasteiger partial charge in [-0.3, -0.25) is 14.7 Å². The second-order valence-electron chi connectivity index (χ2n) is 6.73. The van der Waals surface area contributed by atoms with E-state index in [-0.39, 0.29) is 11.9 Å². The molecule has 0 unspecified atom stereocenters. The van der Waals surface area contributed by atoms with Crippen molar-refractivity contribution in [2.24, 2.45) is 12.0 Å². The van der Waals surface area contributed by atoms with Crippen molar-refractivity contribution in [2.75, 3.05) is 0 Å². The van der Waals surface area contributed by atoms with Gasteiger partial charge in [0.05, 0.1) is 16.8 Å². The third kappa shape index (κ3) is 3.46. The molecule has 3 heterocycles. The van der Waals surface area contributed by atoms with Crippen LogP contribution in [0.1, 0.15) is 37.8 Å². The maximum absolute atomic E-state index is 13.2. The SMILES string of the molecule is Cn1cccc1/C=C1/SC(=Nc2cccnc2)N(C2CCCCC2)C1=O. The molecule has 2 aromatic heterocycles. The molecular formula is C20H22N4OS. The van der Waals surface area contributed by atoms with Gasteiger partial charge in [-0.05, 0) is 54.9 Å². The van der Waals surface area contributed by atoms with Crippen LogP contribution in [0.3, 0.4) is 0 Å². The highest BCUT2D eigenvalue weighted by molar-refractivity contribution is 8.18. The molecule has 2 fully saturated rings. The summed E-state index contributed by atoms with van der Waals surface area (Å²) in [5.41, 5.74) is 1.80. The molecule has 2 aromatic rings. The highest BCUT2D eigenvalue weighted by atomic mass is 32.2. The number of nitrogens with zero attached hydrogens (tertiary/aromatic N) is 4. The number of thioether (sulfide) groups is 1. The van der Waals surface area contributed by atoms with Crippen LogP contribution in [0.4, 0.5) is 5.69 Å². The summed E-state index contributed by atoms with van der Waals surface area (Å²) in [7, 11) is 1.99. The Kier molecular flexibility index (Phi) is 4.93. The van der Waals surface area contributed by atoms with Gasteiger partial charge in [0.1, 0.15) is 0 Å². The molecule has 4 rings (SSSR count). The van der Waals surface area contributed by atoms with Crippen molar-refractivity contribution in [3.63, 3.8) is 0 Å². The monoisotopic (exact) mass is 366 g/mol. The highest BCUT2D eigenvalue weighted by Gasteiger charge is 2.38. The number of amides is 1. The number of aryl methyl sites for hydroxylation is 1. The van der Waals surface area contributed by atoms with Crippen molar-refractivity contribution < 1.29 is 4.79 Å². The Bertz CT molecular complexity index is 850. The second-order valence-corrected chi connectivity index (χ2v) is 7.74. The Labute approximate surface area is 157 Å². The Balaban J connectivity index is 1.70. The second kappa shape index (κ2) is 7.50. The zero-order chi connectivity index (χ0) is 17.9. The van der Waals surface area contributed by atoms with E-state index in [1.807, 2.05) is 53.1 Å². The molecule has 0 N–H and O–H groups in total. The zero-order valence-electron chi connectivity index (χ0n) is 14.8. The van der Waals surface area contributed by atoms with Crippen molar-refractivity contribution in [1.82, 2.24) is 14.5 Å². The van der Waals surface area contributed by atoms with Gasteiger partial charge in [-0.1, -0.05) is 19.3 Å². The fourth-order valence-electron chi connectivity index (χ4n) is 3.51. The first-order valence-corrected chi connectivity index (χ1v) is 9.87. The van der Waals surface area contributed by atoms with Crippen molar-refractivity contribution in [2.45, 2.75) is 38.1 Å². The molecule has 5 nitrogen and oxygen atoms in total. The normalized spacial score (nSPS) is 21.9. The fraction of sp³-hybridized carbons (Fsp3) is 0.350. The van der Waals surface area contributed by atoms with E-state index in [9.17, 15) is 4.79 Å². The number of pyridine rings is 1. The summed E-state index contributed by atoms with van der Waals surface area (Å²) in [5.74, 6) is 0.0748. The lowest BCUT2D eigenvalue weighted by atomic mass is 9.94. The summed E-state index contributed by atoms with van der Waals surface area (Å²) in [6.07, 6.45) is 13.1. The van der Waals surface area contributed by atoms with Gasteiger partial charge in [0, 0.05) is 31.2 Å². The smallest absolute Gasteiger partial charge is 0.267 e. The lowest BCUT2D eigenvalue weighted by molar-refractivity contribution is -0.124. The molecule has 1 saturated heterocycles. The van der Waals surface area contributed by atoms with E-state index in [1.165, 1.54) is 31.0 Å². The summed E-state index contributed by atoms with van der Waals surface area (Å²) in [6, 6.07) is 8.04. The van der Waals surface area contributed by atoms with Crippen LogP contribution >= 0.6 is 11.8 Å². The molecule has 0 bridgehead atoms. The van der Waals surface area contributed by atoms with Crippen LogP contribution in [0.2, 0.25) is 0 Å². The lowest BCUT2D eigenvalue weighted by Gasteiger charge is -2.30. The van der Waals surface area contributed by atoms with Crippen molar-refractivity contribution in [3.05, 3.63) is 53.5 Å². The number of aromatic nitrogens is 2. The zero-order valence-corrected chi connectivity index (χ0v) is 15.7. The minimum absolute atomic E-state index is 0.0748. The molecule has 26 heavy (non-hydrogen) atoms. The van der Waals surface area contributed by atoms with Crippen molar-refractivity contribution in [3.8, 4) is 0 Å². The molecule has 1 saturated carbocycles. The number of carbonyl (C=O) groups is 1. The molecule has 1 aliphatic heterocycles. The summed E-state index contributed by atoms with van der Waals surface area (Å²) in [6.45, 7) is 0. The van der Waals surface area contributed by atoms with Crippen LogP contribution in [0.15, 0.2) is 52.8 Å². The van der Waals surface area contributed by atoms with Crippen molar-refractivity contribution in [1.29, 1.82) is 0 Å². The molecule has 0 aromatic carbocycles. The summed E-state index contributed by atoms with van der Waals surface area (Å²) >= 11 is 1.47. The largest absolute Gasteiger partial charge is 0.351 e. The summed E-state index contributed by atoms with van der Waals surface area (Å²) < 4.78 is 2.02. The van der Waals surface area contributed by atoms with Crippen LogP contribution < -0.4 is 0 Å². The van der Waals surface area contributed by atoms with Gasteiger partial charge in [-0.15, -0.1) is 0 Å². The van der Waals surface area contributed by atoms with Gasteiger partial charge in [0.25, 0.3) is 5.91 Å². The number of rotatable bonds is 3. The molecule has 134 valence electrons. The quantitative estimate of drug-likeness (QED) is 0.759. The van der Waals surface area contributed by atoms with Gasteiger partial charge >= 0.3 is 0 Å². The average molecular weight is 366 g/mol. The minimum atomic E-state index is 0.0748. The van der Waals surface area contributed by atoms with Gasteiger partial charge < -0.3 is 4.57 Å². The number of carbonyl (C=O) groups excluding carboxylic acids is 1. The van der Waals surface area contributed by atoms with E-state index in [2.05, 4.69) is 4.98 Å². The average Bonchev–Trinajstić information content (AvgIpc) is 3.20. The predicted molar refractivity (Wildman–Crippen MR) is 106 cm³/mol. The maximum Gasteiger partial charge on any atom is 0.267 e. The van der Waals surface area contributed by atoms with Gasteiger partial charge in [0.2, 0.25) is 0 Å². The molecule has 2 aliphatic rings. The first kappa shape index (κ1) is 17.1. The number of amidine groups is 1. The fourth-order valence-corrected chi connectivity index (χ4v) is 4.56. The van der Waals surface area contributed by atoms with E-state index in [4.69, 9.17) is 4.99 Å². The predicted octanol–water partition coefficient (Wildman–Crippen LogP) is 4.36. The third-order valence-electron chi connectivity index (χ3n) is 4.91. The van der Waals surface area contributed by atoms with Crippen LogP contribution in [0, 0.1) is 0 Å². The van der Waals surface area contributed by atoms with Gasteiger partial charge in [0.15, 0.2) is 5.17 Å². The van der Waals surface area contributed by atoms with Crippen LogP contribution in [0.5, 0.6) is 0 Å². The molecule has 1 amide bonds. The maximum atomic E-state index is 13.2. The third-order valence-corrected chi connectivity index (χ3v) is 5.89. The topological polar surface area (TPSA) is 50.5 Å². The first-order valence-electron chi connectivity index (χ1n) is 9.05. The van der Waals surface area contributed by atoms with E-state index in [0.29, 0.717) is 0 Å². The van der Waals surface area contributed by atoms with Crippen LogP contribution in [-0.2, 0) is 11.8 Å². The van der Waals surface area contributed by atoms with Crippen LogP contribution in [-0.4, -0.2) is 31.6 Å². The Morgan fingerprint density at radius 1 is 1.23 bits per heavy atom. The van der Waals surface area contributed by atoms with E-state index in [1.54, 1.807) is 12.4 Å². The van der Waals surface area contributed by atoms with Crippen LogP contribution in [0.25, 0.3) is 6.08 Å². The number of aliphatic imine (C=N–C) groups is 1. The Hall–Kier alpha value is -2.34. The van der Waals surface area contributed by atoms with E-state index < -0.39 is 0 Å². The summed E-state index contributed by atoms with van der Waals surface area (Å²) in [4.78, 5) is 24.7. The summed E-state index contributed by atoms with van der Waals surface area (Å²) in [5, 5.41) is 0.773. The highest BCUT2D eigenvalue weighted by Crippen LogP contribution is 2.38. The Morgan fingerprint density at radius 2 is 2.08 bits per heavy atom. The Morgan fingerprint density at radius 3 is 2.77 bits per heavy atom. The molecule has 0 atom stereocenters. The number of hydrogen-bond acceptors (Lipinski definition) is 4. The van der Waals surface area contributed by atoms with Crippen molar-refractivity contribution >= 4 is 34.6 Å². The first-order chi connectivity index (χ1) is 12.7. The molecule has 0 radical (unpaired) electrons.